The van der Waals surface area contributed by atoms with Crippen LogP contribution in [-0.4, -0.2) is 47.6 Å². The number of carbonyl (C=O) groups is 2. The van der Waals surface area contributed by atoms with Crippen molar-refractivity contribution in [1.82, 2.24) is 4.90 Å². The van der Waals surface area contributed by atoms with E-state index < -0.39 is 18.6 Å². The number of halogens is 2. The number of anilines is 1. The van der Waals surface area contributed by atoms with Gasteiger partial charge in [-0.15, -0.1) is 0 Å². The van der Waals surface area contributed by atoms with Crippen LogP contribution in [0.5, 0.6) is 5.75 Å². The molecule has 22 heavy (non-hydrogen) atoms. The fraction of sp³-hybridized carbons (Fsp3) is 0.429. The van der Waals surface area contributed by atoms with Crippen molar-refractivity contribution in [3.8, 4) is 5.75 Å². The van der Waals surface area contributed by atoms with Crippen LogP contribution in [0.2, 0.25) is 0 Å². The maximum Gasteiger partial charge on any atom is 0.387 e. The van der Waals surface area contributed by atoms with Crippen molar-refractivity contribution in [2.24, 2.45) is 0 Å². The van der Waals surface area contributed by atoms with Gasteiger partial charge in [0.15, 0.2) is 0 Å². The summed E-state index contributed by atoms with van der Waals surface area (Å²) in [5.41, 5.74) is 0.428. The van der Waals surface area contributed by atoms with Crippen molar-refractivity contribution in [1.29, 1.82) is 0 Å². The highest BCUT2D eigenvalue weighted by atomic mass is 19.3. The van der Waals surface area contributed by atoms with E-state index in [0.717, 1.165) is 6.42 Å². The lowest BCUT2D eigenvalue weighted by atomic mass is 10.2. The Morgan fingerprint density at radius 1 is 1.36 bits per heavy atom. The molecule has 1 aromatic carbocycles. The molecular weight excluding hydrogens is 298 g/mol. The van der Waals surface area contributed by atoms with E-state index in [9.17, 15) is 18.4 Å². The first-order chi connectivity index (χ1) is 10.5. The Morgan fingerprint density at radius 2 is 2.05 bits per heavy atom. The molecule has 6 nitrogen and oxygen atoms in total. The standard InChI is InChI=1S/C14H16F2N2O4/c15-14(16)22-10-5-3-9(4-6-10)17-12(19)8-18-7-1-2-11(18)13(20)21/h3-6,11,14H,1-2,7-8H2,(H,17,19)(H,20,21). The number of amides is 1. The van der Waals surface area contributed by atoms with Crippen LogP contribution >= 0.6 is 0 Å². The summed E-state index contributed by atoms with van der Waals surface area (Å²) in [6, 6.07) is 4.88. The summed E-state index contributed by atoms with van der Waals surface area (Å²) in [5.74, 6) is -1.28. The van der Waals surface area contributed by atoms with Crippen molar-refractivity contribution in [2.45, 2.75) is 25.5 Å². The number of hydrogen-bond acceptors (Lipinski definition) is 4. The first-order valence-corrected chi connectivity index (χ1v) is 6.77. The number of benzene rings is 1. The number of ether oxygens (including phenoxy) is 1. The van der Waals surface area contributed by atoms with Crippen LogP contribution < -0.4 is 10.1 Å². The molecule has 2 rings (SSSR count). The molecule has 0 radical (unpaired) electrons. The molecule has 1 heterocycles. The van der Waals surface area contributed by atoms with E-state index in [-0.39, 0.29) is 18.2 Å². The van der Waals surface area contributed by atoms with E-state index in [4.69, 9.17) is 5.11 Å². The lowest BCUT2D eigenvalue weighted by Crippen LogP contribution is -2.40. The van der Waals surface area contributed by atoms with E-state index in [1.807, 2.05) is 0 Å². The number of likely N-dealkylation sites (tertiary alicyclic amines) is 1. The zero-order valence-corrected chi connectivity index (χ0v) is 11.7. The van der Waals surface area contributed by atoms with Crippen LogP contribution in [0, 0.1) is 0 Å². The van der Waals surface area contributed by atoms with Crippen LogP contribution in [0.1, 0.15) is 12.8 Å². The van der Waals surface area contributed by atoms with Crippen LogP contribution in [0.15, 0.2) is 24.3 Å². The van der Waals surface area contributed by atoms with Crippen molar-refractivity contribution < 1.29 is 28.2 Å². The third kappa shape index (κ3) is 4.39. The topological polar surface area (TPSA) is 78.9 Å². The zero-order chi connectivity index (χ0) is 16.1. The molecule has 2 N–H and O–H groups in total. The number of nitrogens with zero attached hydrogens (tertiary/aromatic N) is 1. The normalized spacial score (nSPS) is 18.4. The number of carbonyl (C=O) groups excluding carboxylic acids is 1. The molecule has 120 valence electrons. The molecule has 1 aliphatic heterocycles. The largest absolute Gasteiger partial charge is 0.480 e. The quantitative estimate of drug-likeness (QED) is 0.837. The van der Waals surface area contributed by atoms with Gasteiger partial charge in [0.05, 0.1) is 6.54 Å². The number of nitrogens with one attached hydrogen (secondary N) is 1. The summed E-state index contributed by atoms with van der Waals surface area (Å²) in [5, 5.41) is 11.6. The van der Waals surface area contributed by atoms with Crippen molar-refractivity contribution >= 4 is 17.6 Å². The number of alkyl halides is 2. The number of carboxylic acids is 1. The highest BCUT2D eigenvalue weighted by molar-refractivity contribution is 5.92. The molecule has 1 fully saturated rings. The zero-order valence-electron chi connectivity index (χ0n) is 11.7. The molecule has 1 atom stereocenters. The second-order valence-corrected chi connectivity index (χ2v) is 4.92. The van der Waals surface area contributed by atoms with E-state index >= 15 is 0 Å². The van der Waals surface area contributed by atoms with Crippen molar-refractivity contribution in [2.75, 3.05) is 18.4 Å². The average Bonchev–Trinajstić information content (AvgIpc) is 2.88. The number of rotatable bonds is 6. The summed E-state index contributed by atoms with van der Waals surface area (Å²) in [6.07, 6.45) is 1.27. The molecule has 8 heteroatoms. The number of carboxylic acid groups (broad SMARTS) is 1. The van der Waals surface area contributed by atoms with Crippen molar-refractivity contribution in [3.05, 3.63) is 24.3 Å². The molecule has 0 aliphatic carbocycles. The lowest BCUT2D eigenvalue weighted by molar-refractivity contribution is -0.142. The minimum absolute atomic E-state index is 0.00140. The van der Waals surface area contributed by atoms with Gasteiger partial charge in [0.25, 0.3) is 0 Å². The molecule has 1 unspecified atom stereocenters. The summed E-state index contributed by atoms with van der Waals surface area (Å²) >= 11 is 0. The highest BCUT2D eigenvalue weighted by Gasteiger charge is 2.31. The van der Waals surface area contributed by atoms with Gasteiger partial charge in [-0.1, -0.05) is 0 Å². The van der Waals surface area contributed by atoms with E-state index in [2.05, 4.69) is 10.1 Å². The smallest absolute Gasteiger partial charge is 0.387 e. The fourth-order valence-corrected chi connectivity index (χ4v) is 2.40. The Morgan fingerprint density at radius 3 is 2.64 bits per heavy atom. The molecule has 1 saturated heterocycles. The van der Waals surface area contributed by atoms with Gasteiger partial charge in [-0.25, -0.2) is 0 Å². The van der Waals surface area contributed by atoms with Gasteiger partial charge in [-0.05, 0) is 43.7 Å². The van der Waals surface area contributed by atoms with Gasteiger partial charge >= 0.3 is 12.6 Å². The Hall–Kier alpha value is -2.22. The van der Waals surface area contributed by atoms with Gasteiger partial charge in [0.1, 0.15) is 11.8 Å². The number of hydrogen-bond donors (Lipinski definition) is 2. The van der Waals surface area contributed by atoms with Gasteiger partial charge in [0.2, 0.25) is 5.91 Å². The Bertz CT molecular complexity index is 536. The molecule has 1 aromatic rings. The Kier molecular flexibility index (Phi) is 5.26. The molecule has 0 spiro atoms. The SMILES string of the molecule is O=C(CN1CCCC1C(=O)O)Nc1ccc(OC(F)F)cc1. The molecule has 1 amide bonds. The van der Waals surface area contributed by atoms with Crippen LogP contribution in [-0.2, 0) is 9.59 Å². The van der Waals surface area contributed by atoms with Gasteiger partial charge < -0.3 is 15.2 Å². The van der Waals surface area contributed by atoms with E-state index in [1.165, 1.54) is 24.3 Å². The highest BCUT2D eigenvalue weighted by Crippen LogP contribution is 2.19. The van der Waals surface area contributed by atoms with Crippen molar-refractivity contribution in [3.63, 3.8) is 0 Å². The first kappa shape index (κ1) is 16.2. The molecule has 0 saturated carbocycles. The molecule has 0 aromatic heterocycles. The minimum atomic E-state index is -2.90. The van der Waals surface area contributed by atoms with Crippen LogP contribution in [0.4, 0.5) is 14.5 Å². The Labute approximate surface area is 125 Å². The summed E-state index contributed by atoms with van der Waals surface area (Å²) in [6.45, 7) is -2.36. The maximum absolute atomic E-state index is 12.0. The Balaban J connectivity index is 1.88. The summed E-state index contributed by atoms with van der Waals surface area (Å²) < 4.78 is 28.2. The third-order valence-electron chi connectivity index (χ3n) is 3.36. The maximum atomic E-state index is 12.0. The molecular formula is C14H16F2N2O4. The monoisotopic (exact) mass is 314 g/mol. The first-order valence-electron chi connectivity index (χ1n) is 6.77. The molecule has 0 bridgehead atoms. The second kappa shape index (κ2) is 7.17. The van der Waals surface area contributed by atoms with Gasteiger partial charge in [-0.3, -0.25) is 14.5 Å². The van der Waals surface area contributed by atoms with Gasteiger partial charge in [-0.2, -0.15) is 8.78 Å². The number of aliphatic carboxylic acids is 1. The predicted molar refractivity (Wildman–Crippen MR) is 73.9 cm³/mol. The van der Waals surface area contributed by atoms with Crippen LogP contribution in [0.3, 0.4) is 0 Å². The second-order valence-electron chi connectivity index (χ2n) is 4.92. The van der Waals surface area contributed by atoms with Gasteiger partial charge in [0, 0.05) is 5.69 Å². The van der Waals surface area contributed by atoms with E-state index in [1.54, 1.807) is 4.90 Å². The summed E-state index contributed by atoms with van der Waals surface area (Å²) in [4.78, 5) is 24.5. The predicted octanol–water partition coefficient (Wildman–Crippen LogP) is 1.78. The lowest BCUT2D eigenvalue weighted by Gasteiger charge is -2.20. The molecule has 1 aliphatic rings. The fourth-order valence-electron chi connectivity index (χ4n) is 2.40. The third-order valence-corrected chi connectivity index (χ3v) is 3.36. The van der Waals surface area contributed by atoms with E-state index in [0.29, 0.717) is 18.7 Å². The minimum Gasteiger partial charge on any atom is -0.480 e. The average molecular weight is 314 g/mol. The van der Waals surface area contributed by atoms with Crippen LogP contribution in [0.25, 0.3) is 0 Å². The summed E-state index contributed by atoms with van der Waals surface area (Å²) in [7, 11) is 0.